The van der Waals surface area contributed by atoms with E-state index in [9.17, 15) is 0 Å². The molecule has 0 spiro atoms. The second kappa shape index (κ2) is 9.54. The predicted octanol–water partition coefficient (Wildman–Crippen LogP) is 0.490. The fraction of sp³-hybridized carbons (Fsp3) is 0.778. The Hall–Kier alpha value is 0.984. The van der Waals surface area contributed by atoms with Crippen molar-refractivity contribution in [2.45, 2.75) is 0 Å². The predicted molar refractivity (Wildman–Crippen MR) is 51.7 cm³/mol. The van der Waals surface area contributed by atoms with Gasteiger partial charge in [0.25, 0.3) is 0 Å². The molecule has 0 saturated carbocycles. The molecule has 1 heterocycles. The fourth-order valence-electron chi connectivity index (χ4n) is 1.27. The van der Waals surface area contributed by atoms with Gasteiger partial charge in [-0.2, -0.15) is 0 Å². The zero-order valence-corrected chi connectivity index (χ0v) is 11.7. The molecule has 4 heteroatoms. The van der Waals surface area contributed by atoms with Gasteiger partial charge in [0.15, 0.2) is 0 Å². The number of hydrogen-bond acceptors (Lipinski definition) is 3. The number of ether oxygens (including phenoxy) is 1. The van der Waals surface area contributed by atoms with E-state index in [1.165, 1.54) is 26.2 Å². The summed E-state index contributed by atoms with van der Waals surface area (Å²) < 4.78 is 4.77. The Morgan fingerprint density at radius 3 is 2.23 bits per heavy atom. The van der Waals surface area contributed by atoms with E-state index in [4.69, 9.17) is 4.74 Å². The molecule has 1 saturated heterocycles. The van der Waals surface area contributed by atoms with E-state index in [-0.39, 0.29) is 40.1 Å². The van der Waals surface area contributed by atoms with E-state index in [1.54, 1.807) is 0 Å². The molecule has 13 heavy (non-hydrogen) atoms. The normalized spacial score (nSPS) is 18.9. The third-order valence-electron chi connectivity index (χ3n) is 2.15. The number of nitrogens with zero attached hydrogens (tertiary/aromatic N) is 2. The molecular formula is C9H20N2OY-2. The van der Waals surface area contributed by atoms with E-state index >= 15 is 0 Å². The van der Waals surface area contributed by atoms with E-state index in [0.717, 1.165) is 13.2 Å². The summed E-state index contributed by atoms with van der Waals surface area (Å²) >= 11 is 0. The number of rotatable bonds is 3. The topological polar surface area (TPSA) is 15.7 Å². The van der Waals surface area contributed by atoms with Gasteiger partial charge in [0.05, 0.1) is 0 Å². The van der Waals surface area contributed by atoms with Gasteiger partial charge in [-0.15, -0.1) is 0 Å². The molecule has 77 valence electrons. The Kier molecular flexibility index (Phi) is 12.0. The van der Waals surface area contributed by atoms with Crippen LogP contribution in [-0.2, 0) is 37.4 Å². The number of hydrogen-bond donors (Lipinski definition) is 0. The van der Waals surface area contributed by atoms with Gasteiger partial charge >= 0.3 is 0 Å². The molecule has 0 aromatic rings. The molecule has 1 aliphatic heterocycles. The van der Waals surface area contributed by atoms with Gasteiger partial charge in [0, 0.05) is 72.0 Å². The van der Waals surface area contributed by atoms with Crippen LogP contribution in [0.15, 0.2) is 0 Å². The van der Waals surface area contributed by atoms with Gasteiger partial charge in [0.1, 0.15) is 0 Å². The summed E-state index contributed by atoms with van der Waals surface area (Å²) in [5.74, 6) is 0. The van der Waals surface area contributed by atoms with Crippen molar-refractivity contribution in [3.63, 3.8) is 0 Å². The molecule has 0 unspecified atom stereocenters. The Balaban J connectivity index is 0. The molecule has 1 rings (SSSR count). The quantitative estimate of drug-likeness (QED) is 0.688. The van der Waals surface area contributed by atoms with Crippen LogP contribution in [0.3, 0.4) is 0 Å². The zero-order chi connectivity index (χ0) is 8.10. The van der Waals surface area contributed by atoms with Crippen molar-refractivity contribution in [2.24, 2.45) is 0 Å². The first-order valence-electron chi connectivity index (χ1n) is 4.11. The third-order valence-corrected chi connectivity index (χ3v) is 2.15. The molecule has 0 bridgehead atoms. The minimum atomic E-state index is 0. The molecule has 0 atom stereocenters. The number of piperazine rings is 1. The van der Waals surface area contributed by atoms with Crippen molar-refractivity contribution in [3.05, 3.63) is 14.5 Å². The summed E-state index contributed by atoms with van der Waals surface area (Å²) in [5.41, 5.74) is 0. The zero-order valence-electron chi connectivity index (χ0n) is 8.83. The van der Waals surface area contributed by atoms with Crippen LogP contribution in [0.5, 0.6) is 0 Å². The maximum absolute atomic E-state index is 4.77. The maximum Gasteiger partial charge on any atom is 0.0241 e. The molecule has 3 nitrogen and oxygen atoms in total. The summed E-state index contributed by atoms with van der Waals surface area (Å²) in [7, 11) is 5.51. The second-order valence-electron chi connectivity index (χ2n) is 3.05. The first kappa shape index (κ1) is 16.4. The van der Waals surface area contributed by atoms with Crippen LogP contribution < -0.4 is 0 Å². The van der Waals surface area contributed by atoms with Crippen molar-refractivity contribution >= 4 is 0 Å². The Morgan fingerprint density at radius 2 is 1.77 bits per heavy atom. The van der Waals surface area contributed by atoms with Crippen molar-refractivity contribution < 1.29 is 37.4 Å². The van der Waals surface area contributed by atoms with Gasteiger partial charge in [-0.3, -0.25) is 4.90 Å². The van der Waals surface area contributed by atoms with Crippen molar-refractivity contribution in [1.82, 2.24) is 9.80 Å². The van der Waals surface area contributed by atoms with Gasteiger partial charge < -0.3 is 17.1 Å². The van der Waals surface area contributed by atoms with Crippen molar-refractivity contribution in [3.8, 4) is 0 Å². The average Bonchev–Trinajstić information content (AvgIpc) is 2.04. The molecule has 0 amide bonds. The van der Waals surface area contributed by atoms with Crippen LogP contribution in [0.25, 0.3) is 0 Å². The molecule has 0 aromatic heterocycles. The largest absolute Gasteiger partial charge is 0.554 e. The molecule has 1 radical (unpaired) electrons. The summed E-state index contributed by atoms with van der Waals surface area (Å²) in [5, 5.41) is 0. The van der Waals surface area contributed by atoms with Gasteiger partial charge in [0.2, 0.25) is 0 Å². The Bertz CT molecular complexity index is 103. The van der Waals surface area contributed by atoms with E-state index in [0.29, 0.717) is 0 Å². The Morgan fingerprint density at radius 1 is 1.23 bits per heavy atom. The molecule has 1 fully saturated rings. The van der Waals surface area contributed by atoms with Crippen LogP contribution in [0.2, 0.25) is 0 Å². The minimum absolute atomic E-state index is 0. The van der Waals surface area contributed by atoms with Crippen molar-refractivity contribution in [2.75, 3.05) is 46.4 Å². The SMILES string of the molecule is [CH2-]OCCN1CCN(C)CC1.[CH3-].[Y]. The van der Waals surface area contributed by atoms with Crippen LogP contribution in [-0.4, -0.2) is 56.2 Å². The van der Waals surface area contributed by atoms with E-state index < -0.39 is 0 Å². The summed E-state index contributed by atoms with van der Waals surface area (Å²) in [4.78, 5) is 4.76. The molecular weight excluding hydrogens is 241 g/mol. The van der Waals surface area contributed by atoms with Gasteiger partial charge in [-0.25, -0.2) is 7.11 Å². The molecule has 0 aromatic carbocycles. The van der Waals surface area contributed by atoms with Crippen LogP contribution in [0, 0.1) is 14.5 Å². The molecule has 1 aliphatic rings. The summed E-state index contributed by atoms with van der Waals surface area (Å²) in [6.45, 7) is 6.47. The third kappa shape index (κ3) is 6.98. The molecule has 0 N–H and O–H groups in total. The first-order valence-corrected chi connectivity index (χ1v) is 4.11. The summed E-state index contributed by atoms with van der Waals surface area (Å²) in [6.07, 6.45) is 0. The monoisotopic (exact) mass is 261 g/mol. The van der Waals surface area contributed by atoms with Crippen LogP contribution >= 0.6 is 0 Å². The first-order chi connectivity index (χ1) is 5.33. The molecule has 0 aliphatic carbocycles. The number of likely N-dealkylation sites (N-methyl/N-ethyl adjacent to an activating group) is 1. The van der Waals surface area contributed by atoms with Gasteiger partial charge in [-0.1, -0.05) is 0 Å². The van der Waals surface area contributed by atoms with Gasteiger partial charge in [-0.05, 0) is 7.05 Å². The minimum Gasteiger partial charge on any atom is -0.554 e. The van der Waals surface area contributed by atoms with Crippen LogP contribution in [0.4, 0.5) is 0 Å². The second-order valence-corrected chi connectivity index (χ2v) is 3.05. The summed E-state index contributed by atoms with van der Waals surface area (Å²) in [6, 6.07) is 0. The van der Waals surface area contributed by atoms with Crippen molar-refractivity contribution in [1.29, 1.82) is 0 Å². The Labute approximate surface area is 108 Å². The standard InChI is InChI=1S/C8H17N2O.CH3.Y/c1-9-3-5-10(6-4-9)7-8-11-2;;/h2-8H2,1H3;1H3;/q2*-1;. The van der Waals surface area contributed by atoms with E-state index in [2.05, 4.69) is 24.0 Å². The fourth-order valence-corrected chi connectivity index (χ4v) is 1.27. The smallest absolute Gasteiger partial charge is 0.0241 e. The average molecular weight is 261 g/mol. The maximum atomic E-state index is 4.77. The van der Waals surface area contributed by atoms with Crippen LogP contribution in [0.1, 0.15) is 0 Å². The van der Waals surface area contributed by atoms with E-state index in [1.807, 2.05) is 0 Å².